The highest BCUT2D eigenvalue weighted by atomic mass is 35.5. The summed E-state index contributed by atoms with van der Waals surface area (Å²) < 4.78 is 6.00. The molecule has 0 saturated carbocycles. The number of para-hydroxylation sites is 1. The molecule has 2 aliphatic heterocycles. The molecular weight excluding hydrogens is 589 g/mol. The second-order valence-electron chi connectivity index (χ2n) is 10.2. The van der Waals surface area contributed by atoms with Crippen LogP contribution in [0.1, 0.15) is 38.6 Å². The lowest BCUT2D eigenvalue weighted by Crippen LogP contribution is -2.30. The van der Waals surface area contributed by atoms with Gasteiger partial charge in [0.25, 0.3) is 11.8 Å². The van der Waals surface area contributed by atoms with Crippen LogP contribution in [0.4, 0.5) is 17.2 Å². The van der Waals surface area contributed by atoms with E-state index in [0.29, 0.717) is 45.0 Å². The molecule has 0 spiro atoms. The third kappa shape index (κ3) is 4.39. The summed E-state index contributed by atoms with van der Waals surface area (Å²) in [7, 11) is 0. The van der Waals surface area contributed by atoms with E-state index in [1.165, 1.54) is 0 Å². The maximum atomic E-state index is 13.3. The van der Waals surface area contributed by atoms with Crippen molar-refractivity contribution in [2.75, 3.05) is 16.3 Å². The molecular formula is C32H19Cl2N5O4. The normalized spacial score (nSPS) is 16.2. The number of fused-ring (bicyclic) bond motifs is 2. The summed E-state index contributed by atoms with van der Waals surface area (Å²) in [5.41, 5.74) is 2.97. The number of nitrogens with zero attached hydrogens (tertiary/aromatic N) is 4. The standard InChI is InChI=1S/C32H19Cl2N5O4/c1-35-26-8-4-7-24(34)29(26)43-27-13-17(9-11-23(27)33)18-14-28(40)38(16-18)19-10-12-25-22(15-19)30(37-36-25)39-31(41)20-5-2-3-6-21(20)32(39)42/h2-13,15,18H,14,16H2,(H,36,37)/t18-/m0/s1. The zero-order chi connectivity index (χ0) is 29.8. The van der Waals surface area contributed by atoms with Crippen LogP contribution < -0.4 is 14.5 Å². The van der Waals surface area contributed by atoms with Crippen LogP contribution in [0.2, 0.25) is 10.0 Å². The summed E-state index contributed by atoms with van der Waals surface area (Å²) in [5, 5.41) is 8.34. The van der Waals surface area contributed by atoms with Crippen molar-refractivity contribution in [2.24, 2.45) is 0 Å². The summed E-state index contributed by atoms with van der Waals surface area (Å²) >= 11 is 12.7. The molecule has 4 aromatic carbocycles. The predicted octanol–water partition coefficient (Wildman–Crippen LogP) is 7.53. The number of halogens is 2. The lowest BCUT2D eigenvalue weighted by molar-refractivity contribution is -0.117. The molecule has 11 heteroatoms. The van der Waals surface area contributed by atoms with Gasteiger partial charge in [0, 0.05) is 30.0 Å². The molecule has 1 atom stereocenters. The van der Waals surface area contributed by atoms with Gasteiger partial charge in [-0.1, -0.05) is 53.5 Å². The third-order valence-corrected chi connectivity index (χ3v) is 8.28. The van der Waals surface area contributed by atoms with Crippen LogP contribution in [0.3, 0.4) is 0 Å². The van der Waals surface area contributed by atoms with Crippen molar-refractivity contribution in [1.29, 1.82) is 0 Å². The van der Waals surface area contributed by atoms with Gasteiger partial charge in [0.2, 0.25) is 11.6 Å². The third-order valence-electron chi connectivity index (χ3n) is 7.67. The number of anilines is 2. The largest absolute Gasteiger partial charge is 0.465 e. The van der Waals surface area contributed by atoms with E-state index >= 15 is 0 Å². The van der Waals surface area contributed by atoms with Gasteiger partial charge in [-0.2, -0.15) is 5.10 Å². The first-order chi connectivity index (χ1) is 20.8. The molecule has 210 valence electrons. The number of nitrogens with one attached hydrogen (secondary N) is 1. The van der Waals surface area contributed by atoms with E-state index < -0.39 is 11.8 Å². The van der Waals surface area contributed by atoms with Gasteiger partial charge < -0.3 is 9.64 Å². The van der Waals surface area contributed by atoms with Crippen molar-refractivity contribution in [3.8, 4) is 11.5 Å². The molecule has 1 fully saturated rings. The number of rotatable bonds is 5. The number of aromatic amines is 1. The maximum absolute atomic E-state index is 13.3. The number of hydrogen-bond donors (Lipinski definition) is 1. The SMILES string of the molecule is [C-]#[N+]c1cccc(Cl)c1Oc1cc([C@H]2CC(=O)N(c3ccc4[nH]nc(N5C(=O)c6ccccc6C5=O)c4c3)C2)ccc1Cl. The van der Waals surface area contributed by atoms with E-state index in [-0.39, 0.29) is 40.5 Å². The number of carbonyl (C=O) groups is 3. The van der Waals surface area contributed by atoms with Crippen LogP contribution in [0, 0.1) is 6.57 Å². The van der Waals surface area contributed by atoms with Crippen molar-refractivity contribution in [3.05, 3.63) is 117 Å². The highest BCUT2D eigenvalue weighted by molar-refractivity contribution is 6.35. The molecule has 0 bridgehead atoms. The summed E-state index contributed by atoms with van der Waals surface area (Å²) in [4.78, 5) is 45.7. The molecule has 1 N–H and O–H groups in total. The van der Waals surface area contributed by atoms with E-state index in [0.717, 1.165) is 10.5 Å². The highest BCUT2D eigenvalue weighted by Crippen LogP contribution is 2.43. The van der Waals surface area contributed by atoms with Gasteiger partial charge in [0.15, 0.2) is 11.6 Å². The number of aromatic nitrogens is 2. The minimum absolute atomic E-state index is 0.0889. The number of hydrogen-bond acceptors (Lipinski definition) is 5. The van der Waals surface area contributed by atoms with Gasteiger partial charge in [-0.25, -0.2) is 9.74 Å². The van der Waals surface area contributed by atoms with Crippen LogP contribution in [0.5, 0.6) is 11.5 Å². The number of imide groups is 1. The minimum atomic E-state index is -0.446. The van der Waals surface area contributed by atoms with Gasteiger partial charge in [0.1, 0.15) is 5.75 Å². The Kier molecular flexibility index (Phi) is 6.38. The van der Waals surface area contributed by atoms with Crippen molar-refractivity contribution < 1.29 is 19.1 Å². The Hall–Kier alpha value is -5.17. The predicted molar refractivity (Wildman–Crippen MR) is 163 cm³/mol. The van der Waals surface area contributed by atoms with Crippen molar-refractivity contribution in [1.82, 2.24) is 10.2 Å². The first-order valence-corrected chi connectivity index (χ1v) is 14.0. The van der Waals surface area contributed by atoms with Gasteiger partial charge >= 0.3 is 0 Å². The van der Waals surface area contributed by atoms with Crippen LogP contribution in [0.15, 0.2) is 78.9 Å². The summed E-state index contributed by atoms with van der Waals surface area (Å²) in [6.07, 6.45) is 0.245. The molecule has 5 aromatic rings. The van der Waals surface area contributed by atoms with Crippen LogP contribution in [-0.2, 0) is 4.79 Å². The fraction of sp³-hybridized carbons (Fsp3) is 0.0938. The Morgan fingerprint density at radius 1 is 0.907 bits per heavy atom. The number of benzene rings is 4. The topological polar surface area (TPSA) is 100.0 Å². The van der Waals surface area contributed by atoms with Gasteiger partial charge in [-0.3, -0.25) is 19.5 Å². The molecule has 43 heavy (non-hydrogen) atoms. The summed E-state index contributed by atoms with van der Waals surface area (Å²) in [6.45, 7) is 7.81. The molecule has 0 unspecified atom stereocenters. The monoisotopic (exact) mass is 607 g/mol. The molecule has 1 saturated heterocycles. The average Bonchev–Trinajstić information content (AvgIpc) is 3.68. The maximum Gasteiger partial charge on any atom is 0.267 e. The van der Waals surface area contributed by atoms with Crippen LogP contribution in [-0.4, -0.2) is 34.5 Å². The zero-order valence-electron chi connectivity index (χ0n) is 22.2. The van der Waals surface area contributed by atoms with Crippen LogP contribution >= 0.6 is 23.2 Å². The Labute approximate surface area is 255 Å². The van der Waals surface area contributed by atoms with E-state index in [1.54, 1.807) is 77.7 Å². The van der Waals surface area contributed by atoms with E-state index in [2.05, 4.69) is 15.0 Å². The van der Waals surface area contributed by atoms with Gasteiger partial charge in [-0.15, -0.1) is 0 Å². The Morgan fingerprint density at radius 2 is 1.67 bits per heavy atom. The first-order valence-electron chi connectivity index (χ1n) is 13.2. The zero-order valence-corrected chi connectivity index (χ0v) is 23.7. The van der Waals surface area contributed by atoms with Crippen LogP contribution in [0.25, 0.3) is 15.7 Å². The lowest BCUT2D eigenvalue weighted by Gasteiger charge is -2.18. The minimum Gasteiger partial charge on any atom is -0.465 e. The average molecular weight is 608 g/mol. The van der Waals surface area contributed by atoms with E-state index in [1.807, 2.05) is 6.07 Å². The van der Waals surface area contributed by atoms with E-state index in [4.69, 9.17) is 34.5 Å². The van der Waals surface area contributed by atoms with Crippen molar-refractivity contribution >= 4 is 69.0 Å². The number of carbonyl (C=O) groups excluding carboxylic acids is 3. The Morgan fingerprint density at radius 3 is 2.42 bits per heavy atom. The quantitative estimate of drug-likeness (QED) is 0.164. The molecule has 3 amide bonds. The molecule has 9 nitrogen and oxygen atoms in total. The van der Waals surface area contributed by atoms with Gasteiger partial charge in [-0.05, 0) is 54.1 Å². The number of ether oxygens (including phenoxy) is 1. The summed E-state index contributed by atoms with van der Waals surface area (Å²) in [6, 6.07) is 22.2. The Bertz CT molecular complexity index is 2010. The molecule has 7 rings (SSSR count). The second kappa shape index (κ2) is 10.3. The van der Waals surface area contributed by atoms with E-state index in [9.17, 15) is 14.4 Å². The molecule has 3 heterocycles. The summed E-state index contributed by atoms with van der Waals surface area (Å²) in [5.74, 6) is -0.429. The smallest absolute Gasteiger partial charge is 0.267 e. The second-order valence-corrected chi connectivity index (χ2v) is 11.0. The number of H-pyrrole nitrogens is 1. The molecule has 0 aliphatic carbocycles. The lowest BCUT2D eigenvalue weighted by atomic mass is 9.98. The fourth-order valence-corrected chi connectivity index (χ4v) is 5.90. The Balaban J connectivity index is 1.17. The van der Waals surface area contributed by atoms with Gasteiger partial charge in [0.05, 0.1) is 33.3 Å². The van der Waals surface area contributed by atoms with Crippen molar-refractivity contribution in [2.45, 2.75) is 12.3 Å². The fourth-order valence-electron chi connectivity index (χ4n) is 5.54. The molecule has 2 aliphatic rings. The molecule has 1 aromatic heterocycles. The first kappa shape index (κ1) is 26.7. The number of amides is 3. The molecule has 0 radical (unpaired) electrons. The highest BCUT2D eigenvalue weighted by Gasteiger charge is 2.39. The van der Waals surface area contributed by atoms with Crippen molar-refractivity contribution in [3.63, 3.8) is 0 Å².